The molecule has 0 radical (unpaired) electrons. The van der Waals surface area contributed by atoms with E-state index >= 15 is 0 Å². The molecule has 0 saturated carbocycles. The number of hydrogen-bond acceptors (Lipinski definition) is 6. The van der Waals surface area contributed by atoms with Crippen molar-refractivity contribution in [2.24, 2.45) is 0 Å². The minimum Gasteiger partial charge on any atom is -0.384 e. The summed E-state index contributed by atoms with van der Waals surface area (Å²) in [6.07, 6.45) is 1.38. The Morgan fingerprint density at radius 3 is 2.88 bits per heavy atom. The fourth-order valence-corrected chi connectivity index (χ4v) is 3.37. The maximum Gasteiger partial charge on any atom is 0.234 e. The van der Waals surface area contributed by atoms with Gasteiger partial charge in [-0.2, -0.15) is 0 Å². The molecular formula is C17H19N5O2S. The Kier molecular flexibility index (Phi) is 5.18. The Hall–Kier alpha value is -2.61. The van der Waals surface area contributed by atoms with Crippen LogP contribution in [0.2, 0.25) is 0 Å². The monoisotopic (exact) mass is 357 g/mol. The predicted octanol–water partition coefficient (Wildman–Crippen LogP) is 2.22. The fraction of sp³-hybridized carbons (Fsp3) is 0.294. The van der Waals surface area contributed by atoms with Crippen molar-refractivity contribution in [3.63, 3.8) is 0 Å². The molecule has 3 N–H and O–H groups in total. The normalized spacial score (nSPS) is 14.0. The van der Waals surface area contributed by atoms with Gasteiger partial charge < -0.3 is 16.0 Å². The molecule has 1 aromatic heterocycles. The summed E-state index contributed by atoms with van der Waals surface area (Å²) in [5, 5.41) is 3.34. The van der Waals surface area contributed by atoms with Crippen LogP contribution in [0.15, 0.2) is 35.5 Å². The van der Waals surface area contributed by atoms with Crippen molar-refractivity contribution >= 4 is 40.8 Å². The predicted molar refractivity (Wildman–Crippen MR) is 98.6 cm³/mol. The van der Waals surface area contributed by atoms with Crippen molar-refractivity contribution in [3.8, 4) is 0 Å². The maximum absolute atomic E-state index is 12.3. The van der Waals surface area contributed by atoms with Crippen LogP contribution in [-0.2, 0) is 9.59 Å². The van der Waals surface area contributed by atoms with Crippen molar-refractivity contribution < 1.29 is 9.59 Å². The number of aromatic nitrogens is 2. The van der Waals surface area contributed by atoms with E-state index in [-0.39, 0.29) is 17.6 Å². The highest BCUT2D eigenvalue weighted by Crippen LogP contribution is 2.29. The maximum atomic E-state index is 12.3. The van der Waals surface area contributed by atoms with Crippen LogP contribution in [0.4, 0.5) is 17.2 Å². The van der Waals surface area contributed by atoms with Crippen LogP contribution in [0, 0.1) is 6.92 Å². The van der Waals surface area contributed by atoms with E-state index in [9.17, 15) is 9.59 Å². The Labute approximate surface area is 150 Å². The van der Waals surface area contributed by atoms with Crippen LogP contribution < -0.4 is 16.0 Å². The molecule has 0 atom stereocenters. The van der Waals surface area contributed by atoms with Crippen LogP contribution in [-0.4, -0.2) is 34.1 Å². The third-order valence-electron chi connectivity index (χ3n) is 3.73. The molecule has 8 heteroatoms. The molecule has 130 valence electrons. The Balaban J connectivity index is 1.66. The number of para-hydroxylation sites is 2. The molecule has 3 rings (SSSR count). The second kappa shape index (κ2) is 7.52. The molecule has 0 unspecified atom stereocenters. The fourth-order valence-electron chi connectivity index (χ4n) is 2.66. The quantitative estimate of drug-likeness (QED) is 0.628. The number of carbonyl (C=O) groups excluding carboxylic acids is 2. The highest BCUT2D eigenvalue weighted by molar-refractivity contribution is 7.99. The van der Waals surface area contributed by atoms with Gasteiger partial charge in [-0.15, -0.1) is 0 Å². The van der Waals surface area contributed by atoms with Gasteiger partial charge in [0, 0.05) is 24.7 Å². The molecule has 2 amide bonds. The van der Waals surface area contributed by atoms with Crippen LogP contribution in [0.3, 0.4) is 0 Å². The van der Waals surface area contributed by atoms with Gasteiger partial charge in [0.05, 0.1) is 17.1 Å². The number of nitrogen functional groups attached to an aromatic ring is 1. The number of hydrogen-bond donors (Lipinski definition) is 2. The lowest BCUT2D eigenvalue weighted by atomic mass is 10.2. The summed E-state index contributed by atoms with van der Waals surface area (Å²) in [5.41, 5.74) is 7.82. The molecule has 25 heavy (non-hydrogen) atoms. The summed E-state index contributed by atoms with van der Waals surface area (Å²) >= 11 is 1.22. The number of carbonyl (C=O) groups is 2. The minimum atomic E-state index is -0.187. The van der Waals surface area contributed by atoms with Crippen molar-refractivity contribution in [1.29, 1.82) is 0 Å². The van der Waals surface area contributed by atoms with E-state index in [1.807, 2.05) is 25.1 Å². The van der Waals surface area contributed by atoms with Crippen LogP contribution in [0.5, 0.6) is 0 Å². The number of thioether (sulfide) groups is 1. The lowest BCUT2D eigenvalue weighted by Crippen LogP contribution is -2.26. The molecule has 7 nitrogen and oxygen atoms in total. The molecule has 1 fully saturated rings. The second-order valence-corrected chi connectivity index (χ2v) is 6.66. The van der Waals surface area contributed by atoms with E-state index in [0.29, 0.717) is 29.6 Å². The summed E-state index contributed by atoms with van der Waals surface area (Å²) in [7, 11) is 0. The number of nitrogens with one attached hydrogen (secondary N) is 1. The average Bonchev–Trinajstić information content (AvgIpc) is 2.98. The smallest absolute Gasteiger partial charge is 0.234 e. The zero-order valence-corrected chi connectivity index (χ0v) is 14.7. The number of nitrogens with two attached hydrogens (primary N) is 1. The lowest BCUT2D eigenvalue weighted by molar-refractivity contribution is -0.117. The summed E-state index contributed by atoms with van der Waals surface area (Å²) in [6, 6.07) is 9.00. The molecule has 2 heterocycles. The SMILES string of the molecule is Cc1cc(N)nc(SCC(=O)Nc2ccccc2N2CCCC2=O)n1. The average molecular weight is 357 g/mol. The third-order valence-corrected chi connectivity index (χ3v) is 4.58. The first-order chi connectivity index (χ1) is 12.0. The van der Waals surface area contributed by atoms with Crippen molar-refractivity contribution in [2.45, 2.75) is 24.9 Å². The van der Waals surface area contributed by atoms with Crippen LogP contribution in [0.25, 0.3) is 0 Å². The molecule has 1 aliphatic heterocycles. The zero-order chi connectivity index (χ0) is 17.8. The van der Waals surface area contributed by atoms with Crippen molar-refractivity contribution in [2.75, 3.05) is 28.2 Å². The van der Waals surface area contributed by atoms with Gasteiger partial charge in [0.1, 0.15) is 5.82 Å². The van der Waals surface area contributed by atoms with Gasteiger partial charge in [-0.3, -0.25) is 9.59 Å². The van der Waals surface area contributed by atoms with Gasteiger partial charge in [-0.25, -0.2) is 9.97 Å². The Morgan fingerprint density at radius 2 is 2.16 bits per heavy atom. The summed E-state index contributed by atoms with van der Waals surface area (Å²) in [6.45, 7) is 2.50. The molecule has 1 saturated heterocycles. The highest BCUT2D eigenvalue weighted by Gasteiger charge is 2.24. The highest BCUT2D eigenvalue weighted by atomic mass is 32.2. The van der Waals surface area contributed by atoms with Crippen molar-refractivity contribution in [3.05, 3.63) is 36.0 Å². The van der Waals surface area contributed by atoms with Gasteiger partial charge in [0.2, 0.25) is 11.8 Å². The molecule has 0 bridgehead atoms. The molecule has 0 aliphatic carbocycles. The zero-order valence-electron chi connectivity index (χ0n) is 13.9. The van der Waals surface area contributed by atoms with Gasteiger partial charge >= 0.3 is 0 Å². The molecular weight excluding hydrogens is 338 g/mol. The van der Waals surface area contributed by atoms with E-state index in [2.05, 4.69) is 15.3 Å². The minimum absolute atomic E-state index is 0.0831. The molecule has 0 spiro atoms. The van der Waals surface area contributed by atoms with E-state index in [4.69, 9.17) is 5.73 Å². The standard InChI is InChI=1S/C17H19N5O2S/c1-11-9-14(18)21-17(19-11)25-10-15(23)20-12-5-2-3-6-13(12)22-8-4-7-16(22)24/h2-3,5-6,9H,4,7-8,10H2,1H3,(H,20,23)(H2,18,19,21). The number of rotatable bonds is 5. The first-order valence-electron chi connectivity index (χ1n) is 7.96. The van der Waals surface area contributed by atoms with E-state index in [1.165, 1.54) is 11.8 Å². The second-order valence-electron chi connectivity index (χ2n) is 5.72. The summed E-state index contributed by atoms with van der Waals surface area (Å²) in [4.78, 5) is 34.3. The van der Waals surface area contributed by atoms with E-state index in [0.717, 1.165) is 17.8 Å². The summed E-state index contributed by atoms with van der Waals surface area (Å²) in [5.74, 6) is 0.436. The van der Waals surface area contributed by atoms with Gasteiger partial charge in [-0.05, 0) is 25.5 Å². The lowest BCUT2D eigenvalue weighted by Gasteiger charge is -2.19. The summed E-state index contributed by atoms with van der Waals surface area (Å²) < 4.78 is 0. The topological polar surface area (TPSA) is 101 Å². The van der Waals surface area contributed by atoms with Crippen LogP contribution >= 0.6 is 11.8 Å². The number of nitrogens with zero attached hydrogens (tertiary/aromatic N) is 3. The number of amides is 2. The number of aryl methyl sites for hydroxylation is 1. The van der Waals surface area contributed by atoms with Gasteiger partial charge in [0.15, 0.2) is 5.16 Å². The third kappa shape index (κ3) is 4.27. The first-order valence-corrected chi connectivity index (χ1v) is 8.94. The van der Waals surface area contributed by atoms with E-state index in [1.54, 1.807) is 17.0 Å². The Morgan fingerprint density at radius 1 is 1.36 bits per heavy atom. The number of anilines is 3. The number of benzene rings is 1. The Bertz CT molecular complexity index is 791. The molecule has 1 aliphatic rings. The van der Waals surface area contributed by atoms with Crippen molar-refractivity contribution in [1.82, 2.24) is 9.97 Å². The van der Waals surface area contributed by atoms with Gasteiger partial charge in [0.25, 0.3) is 0 Å². The van der Waals surface area contributed by atoms with Crippen LogP contribution in [0.1, 0.15) is 18.5 Å². The first kappa shape index (κ1) is 17.2. The van der Waals surface area contributed by atoms with Gasteiger partial charge in [-0.1, -0.05) is 23.9 Å². The molecule has 1 aromatic carbocycles. The molecule has 2 aromatic rings. The van der Waals surface area contributed by atoms with E-state index < -0.39 is 0 Å². The largest absolute Gasteiger partial charge is 0.384 e.